The number of aromatic nitrogens is 2. The second-order valence-corrected chi connectivity index (χ2v) is 12.5. The van der Waals surface area contributed by atoms with Gasteiger partial charge in [-0.3, -0.25) is 0 Å². The maximum absolute atomic E-state index is 12.2. The van der Waals surface area contributed by atoms with Gasteiger partial charge in [-0.25, -0.2) is 0 Å². The minimum Gasteiger partial charge on any atom is -0.377 e. The SMILES string of the molecule is OC(c1ccccc1)(c1noc(C[N+]23CCC(CC2)[C@@H](SCc2ccccc2)C3)n1)C1CCCCC1. The Kier molecular flexibility index (Phi) is 6.93. The van der Waals surface area contributed by atoms with Crippen LogP contribution in [0.2, 0.25) is 0 Å². The lowest BCUT2D eigenvalue weighted by Gasteiger charge is -2.51. The third kappa shape index (κ3) is 4.75. The number of quaternary nitrogens is 1. The first-order chi connectivity index (χ1) is 17.6. The monoisotopic (exact) mass is 504 g/mol. The van der Waals surface area contributed by atoms with Crippen molar-refractivity contribution in [1.82, 2.24) is 10.1 Å². The van der Waals surface area contributed by atoms with Crippen LogP contribution in [0.25, 0.3) is 0 Å². The Hall–Kier alpha value is -2.15. The highest BCUT2D eigenvalue weighted by Gasteiger charge is 2.48. The van der Waals surface area contributed by atoms with Gasteiger partial charge in [0.05, 0.1) is 24.9 Å². The van der Waals surface area contributed by atoms with Gasteiger partial charge >= 0.3 is 0 Å². The van der Waals surface area contributed by atoms with Crippen molar-refractivity contribution < 1.29 is 14.1 Å². The molecule has 1 unspecified atom stereocenters. The van der Waals surface area contributed by atoms with Gasteiger partial charge in [-0.05, 0) is 35.8 Å². The molecule has 1 N–H and O–H groups in total. The Labute approximate surface area is 218 Å². The fourth-order valence-electron chi connectivity index (χ4n) is 6.93. The lowest BCUT2D eigenvalue weighted by atomic mass is 9.73. The summed E-state index contributed by atoms with van der Waals surface area (Å²) in [5.41, 5.74) is 1.11. The highest BCUT2D eigenvalue weighted by Crippen LogP contribution is 2.44. The van der Waals surface area contributed by atoms with E-state index in [9.17, 15) is 5.11 Å². The standard InChI is InChI=1S/C30H38N3O2S/c34-30(25-12-6-2-7-13-25,26-14-8-3-9-15-26)29-31-28(35-32-29)21-33-18-16-24(17-19-33)27(20-33)36-22-23-10-4-1-5-11-23/h1-2,4-7,10-13,24,26-27,34H,3,8-9,14-22H2/q+1/t24?,27-,30?,33?/m0/s1. The van der Waals surface area contributed by atoms with Crippen LogP contribution in [-0.4, -0.2) is 44.6 Å². The highest BCUT2D eigenvalue weighted by atomic mass is 32.2. The second-order valence-electron chi connectivity index (χ2n) is 11.3. The molecule has 190 valence electrons. The Balaban J connectivity index is 1.20. The fourth-order valence-corrected chi connectivity index (χ4v) is 8.50. The Morgan fingerprint density at radius 2 is 1.61 bits per heavy atom. The van der Waals surface area contributed by atoms with Crippen LogP contribution in [0.5, 0.6) is 0 Å². The molecule has 0 radical (unpaired) electrons. The van der Waals surface area contributed by atoms with Gasteiger partial charge in [0.15, 0.2) is 12.1 Å². The molecule has 1 saturated carbocycles. The largest absolute Gasteiger partial charge is 0.377 e. The van der Waals surface area contributed by atoms with E-state index in [0.29, 0.717) is 17.0 Å². The maximum atomic E-state index is 12.2. The molecule has 3 aromatic rings. The minimum absolute atomic E-state index is 0.121. The van der Waals surface area contributed by atoms with E-state index in [1.165, 1.54) is 44.5 Å². The summed E-state index contributed by atoms with van der Waals surface area (Å²) in [7, 11) is 0. The normalized spacial score (nSPS) is 28.1. The summed E-state index contributed by atoms with van der Waals surface area (Å²) in [4.78, 5) is 4.91. The van der Waals surface area contributed by atoms with Crippen molar-refractivity contribution in [2.75, 3.05) is 19.6 Å². The maximum Gasteiger partial charge on any atom is 0.282 e. The molecule has 3 saturated heterocycles. The van der Waals surface area contributed by atoms with E-state index in [1.807, 2.05) is 30.3 Å². The molecule has 36 heavy (non-hydrogen) atoms. The van der Waals surface area contributed by atoms with Crippen molar-refractivity contribution in [3.8, 4) is 0 Å². The third-order valence-corrected chi connectivity index (χ3v) is 10.5. The summed E-state index contributed by atoms with van der Waals surface area (Å²) in [6.07, 6.45) is 8.09. The lowest BCUT2D eigenvalue weighted by Crippen LogP contribution is -2.62. The predicted molar refractivity (Wildman–Crippen MR) is 143 cm³/mol. The molecule has 3 aliphatic heterocycles. The number of piperidine rings is 3. The van der Waals surface area contributed by atoms with E-state index in [-0.39, 0.29) is 5.92 Å². The third-order valence-electron chi connectivity index (χ3n) is 9.04. The molecule has 0 spiro atoms. The molecule has 7 rings (SSSR count). The van der Waals surface area contributed by atoms with Crippen molar-refractivity contribution >= 4 is 11.8 Å². The Morgan fingerprint density at radius 1 is 0.917 bits per heavy atom. The van der Waals surface area contributed by atoms with Gasteiger partial charge in [0, 0.05) is 18.6 Å². The van der Waals surface area contributed by atoms with Gasteiger partial charge in [-0.2, -0.15) is 4.98 Å². The number of rotatable bonds is 8. The molecule has 4 aliphatic rings. The van der Waals surface area contributed by atoms with Gasteiger partial charge in [0.2, 0.25) is 5.82 Å². The van der Waals surface area contributed by atoms with Crippen LogP contribution in [-0.2, 0) is 17.9 Å². The quantitative estimate of drug-likeness (QED) is 0.386. The molecule has 0 amide bonds. The summed E-state index contributed by atoms with van der Waals surface area (Å²) < 4.78 is 6.93. The smallest absolute Gasteiger partial charge is 0.282 e. The average Bonchev–Trinajstić information content (AvgIpc) is 3.42. The van der Waals surface area contributed by atoms with Crippen LogP contribution in [0.4, 0.5) is 0 Å². The Bertz CT molecular complexity index is 1120. The van der Waals surface area contributed by atoms with Crippen molar-refractivity contribution in [3.05, 3.63) is 83.5 Å². The number of aliphatic hydroxyl groups is 1. The number of fused-ring (bicyclic) bond motifs is 3. The first-order valence-corrected chi connectivity index (χ1v) is 14.8. The van der Waals surface area contributed by atoms with Gasteiger partial charge in [0.1, 0.15) is 0 Å². The molecule has 2 aromatic carbocycles. The molecular weight excluding hydrogens is 466 g/mol. The van der Waals surface area contributed by atoms with Crippen LogP contribution in [0.3, 0.4) is 0 Å². The molecule has 1 aromatic heterocycles. The summed E-state index contributed by atoms with van der Waals surface area (Å²) in [6, 6.07) is 20.8. The molecule has 6 heteroatoms. The van der Waals surface area contributed by atoms with E-state index < -0.39 is 5.60 Å². The van der Waals surface area contributed by atoms with Crippen molar-refractivity contribution in [3.63, 3.8) is 0 Å². The van der Waals surface area contributed by atoms with E-state index >= 15 is 0 Å². The summed E-state index contributed by atoms with van der Waals surface area (Å²) in [6.45, 7) is 4.33. The number of benzene rings is 2. The summed E-state index contributed by atoms with van der Waals surface area (Å²) >= 11 is 2.13. The van der Waals surface area contributed by atoms with Crippen LogP contribution in [0, 0.1) is 11.8 Å². The first kappa shape index (κ1) is 24.2. The first-order valence-electron chi connectivity index (χ1n) is 13.8. The van der Waals surface area contributed by atoms with E-state index in [4.69, 9.17) is 9.51 Å². The molecule has 4 heterocycles. The van der Waals surface area contributed by atoms with Gasteiger partial charge < -0.3 is 14.1 Å². The number of nitrogens with zero attached hydrogens (tertiary/aromatic N) is 3. The van der Waals surface area contributed by atoms with Crippen molar-refractivity contribution in [2.24, 2.45) is 11.8 Å². The second kappa shape index (κ2) is 10.3. The molecule has 1 aliphatic carbocycles. The fraction of sp³-hybridized carbons (Fsp3) is 0.533. The number of hydrogen-bond donors (Lipinski definition) is 1. The van der Waals surface area contributed by atoms with Gasteiger partial charge in [-0.15, -0.1) is 11.8 Å². The zero-order valence-corrected chi connectivity index (χ0v) is 21.9. The molecule has 2 bridgehead atoms. The van der Waals surface area contributed by atoms with Crippen LogP contribution in [0.1, 0.15) is 67.8 Å². The van der Waals surface area contributed by atoms with E-state index in [1.54, 1.807) is 0 Å². The zero-order valence-electron chi connectivity index (χ0n) is 21.1. The zero-order chi connectivity index (χ0) is 24.4. The summed E-state index contributed by atoms with van der Waals surface area (Å²) in [5.74, 6) is 3.16. The number of hydrogen-bond acceptors (Lipinski definition) is 5. The van der Waals surface area contributed by atoms with Crippen molar-refractivity contribution in [1.29, 1.82) is 0 Å². The Morgan fingerprint density at radius 3 is 2.33 bits per heavy atom. The van der Waals surface area contributed by atoms with E-state index in [0.717, 1.165) is 53.9 Å². The molecule has 5 nitrogen and oxygen atoms in total. The average molecular weight is 505 g/mol. The minimum atomic E-state index is -1.19. The molecule has 2 atom stereocenters. The summed E-state index contributed by atoms with van der Waals surface area (Å²) in [5, 5.41) is 17.3. The predicted octanol–water partition coefficient (Wildman–Crippen LogP) is 5.93. The van der Waals surface area contributed by atoms with Crippen LogP contribution < -0.4 is 0 Å². The van der Waals surface area contributed by atoms with Gasteiger partial charge in [0.25, 0.3) is 5.89 Å². The molecular formula is C30H38N3O2S+. The van der Waals surface area contributed by atoms with Crippen molar-refractivity contribution in [2.45, 2.75) is 68.1 Å². The van der Waals surface area contributed by atoms with Gasteiger partial charge in [-0.1, -0.05) is 85.1 Å². The van der Waals surface area contributed by atoms with E-state index in [2.05, 4.69) is 47.3 Å². The molecule has 4 fully saturated rings. The van der Waals surface area contributed by atoms with Crippen LogP contribution in [0.15, 0.2) is 65.2 Å². The highest BCUT2D eigenvalue weighted by molar-refractivity contribution is 7.99. The lowest BCUT2D eigenvalue weighted by molar-refractivity contribution is -0.955. The number of thioether (sulfide) groups is 1. The topological polar surface area (TPSA) is 59.2 Å². The van der Waals surface area contributed by atoms with Crippen LogP contribution >= 0.6 is 11.8 Å².